The van der Waals surface area contributed by atoms with Gasteiger partial charge in [0.1, 0.15) is 0 Å². The first-order chi connectivity index (χ1) is 11.6. The lowest BCUT2D eigenvalue weighted by Crippen LogP contribution is -2.07. The second-order valence-electron chi connectivity index (χ2n) is 7.45. The van der Waals surface area contributed by atoms with Gasteiger partial charge in [0.25, 0.3) is 5.91 Å². The van der Waals surface area contributed by atoms with Crippen LogP contribution in [-0.4, -0.2) is 10.5 Å². The van der Waals surface area contributed by atoms with E-state index in [1.54, 1.807) is 0 Å². The van der Waals surface area contributed by atoms with Crippen LogP contribution in [0.3, 0.4) is 0 Å². The van der Waals surface area contributed by atoms with Gasteiger partial charge < -0.3 is 9.88 Å². The number of fused-ring (bicyclic) bond motifs is 1. The highest BCUT2D eigenvalue weighted by atomic mass is 16.2. The number of aromatic nitrogens is 1. The van der Waals surface area contributed by atoms with Gasteiger partial charge in [-0.1, -0.05) is 0 Å². The Labute approximate surface area is 150 Å². The van der Waals surface area contributed by atoms with Crippen LogP contribution in [0.25, 0.3) is 11.1 Å². The summed E-state index contributed by atoms with van der Waals surface area (Å²) in [5.41, 5.74) is 13.8. The lowest BCUT2D eigenvalue weighted by molar-refractivity contribution is -0.110. The van der Waals surface area contributed by atoms with Crippen LogP contribution in [0, 0.1) is 48.5 Å². The number of allylic oxidation sites excluding steroid dienone is 1. The molecule has 0 atom stereocenters. The molecule has 1 amide bonds. The standard InChI is InChI=1S/C22H28N2O/c1-10-11(2)14(5)20-18(13(10)4)19(22(25)23-20)16(7)21-15(6)12(3)17(8)24(21)9/h1-9H3,(H,23,25). The number of carbonyl (C=O) groups is 1. The van der Waals surface area contributed by atoms with E-state index in [0.29, 0.717) is 0 Å². The quantitative estimate of drug-likeness (QED) is 0.725. The summed E-state index contributed by atoms with van der Waals surface area (Å²) in [7, 11) is 2.08. The van der Waals surface area contributed by atoms with Gasteiger partial charge in [0, 0.05) is 24.0 Å². The van der Waals surface area contributed by atoms with Gasteiger partial charge in [0.15, 0.2) is 0 Å². The summed E-state index contributed by atoms with van der Waals surface area (Å²) in [6, 6.07) is 0. The fourth-order valence-electron chi connectivity index (χ4n) is 4.20. The largest absolute Gasteiger partial charge is 0.348 e. The maximum atomic E-state index is 12.9. The molecule has 132 valence electrons. The maximum Gasteiger partial charge on any atom is 0.256 e. The zero-order chi connectivity index (χ0) is 18.8. The van der Waals surface area contributed by atoms with Crippen LogP contribution in [0.1, 0.15) is 57.3 Å². The minimum absolute atomic E-state index is 0.0135. The summed E-state index contributed by atoms with van der Waals surface area (Å²) in [4.78, 5) is 12.9. The van der Waals surface area contributed by atoms with Crippen LogP contribution in [0.5, 0.6) is 0 Å². The third-order valence-electron chi connectivity index (χ3n) is 6.43. The van der Waals surface area contributed by atoms with Crippen molar-refractivity contribution in [3.8, 4) is 0 Å². The average molecular weight is 336 g/mol. The van der Waals surface area contributed by atoms with E-state index in [9.17, 15) is 4.79 Å². The van der Waals surface area contributed by atoms with E-state index in [-0.39, 0.29) is 5.91 Å². The van der Waals surface area contributed by atoms with Crippen molar-refractivity contribution in [3.63, 3.8) is 0 Å². The summed E-state index contributed by atoms with van der Waals surface area (Å²) in [5.74, 6) is 0.0135. The number of carbonyl (C=O) groups excluding carboxylic acids is 1. The first-order valence-electron chi connectivity index (χ1n) is 8.85. The topological polar surface area (TPSA) is 34.0 Å². The zero-order valence-corrected chi connectivity index (χ0v) is 16.9. The number of nitrogens with one attached hydrogen (secondary N) is 1. The van der Waals surface area contributed by atoms with Crippen LogP contribution in [0.2, 0.25) is 0 Å². The Kier molecular flexibility index (Phi) is 3.94. The number of rotatable bonds is 1. The lowest BCUT2D eigenvalue weighted by atomic mass is 9.88. The maximum absolute atomic E-state index is 12.9. The number of benzene rings is 1. The van der Waals surface area contributed by atoms with Crippen LogP contribution in [-0.2, 0) is 11.8 Å². The number of nitrogens with zero attached hydrogens (tertiary/aromatic N) is 1. The van der Waals surface area contributed by atoms with Gasteiger partial charge in [-0.2, -0.15) is 0 Å². The smallest absolute Gasteiger partial charge is 0.256 e. The lowest BCUT2D eigenvalue weighted by Gasteiger charge is -2.16. The van der Waals surface area contributed by atoms with E-state index < -0.39 is 0 Å². The highest BCUT2D eigenvalue weighted by molar-refractivity contribution is 6.37. The fourth-order valence-corrected chi connectivity index (χ4v) is 4.20. The molecule has 0 bridgehead atoms. The molecule has 2 heterocycles. The third-order valence-corrected chi connectivity index (χ3v) is 6.43. The molecular weight excluding hydrogens is 308 g/mol. The average Bonchev–Trinajstić information content (AvgIpc) is 3.01. The monoisotopic (exact) mass is 336 g/mol. The molecule has 0 unspecified atom stereocenters. The minimum Gasteiger partial charge on any atom is -0.348 e. The van der Waals surface area contributed by atoms with Crippen molar-refractivity contribution in [2.45, 2.75) is 55.4 Å². The van der Waals surface area contributed by atoms with Crippen molar-refractivity contribution in [1.82, 2.24) is 4.57 Å². The molecule has 0 saturated heterocycles. The van der Waals surface area contributed by atoms with Crippen LogP contribution < -0.4 is 5.32 Å². The molecule has 3 heteroatoms. The predicted octanol–water partition coefficient (Wildman–Crippen LogP) is 5.07. The van der Waals surface area contributed by atoms with E-state index >= 15 is 0 Å². The van der Waals surface area contributed by atoms with Crippen LogP contribution in [0.15, 0.2) is 0 Å². The number of hydrogen-bond acceptors (Lipinski definition) is 1. The highest BCUT2D eigenvalue weighted by Crippen LogP contribution is 2.44. The zero-order valence-electron chi connectivity index (χ0n) is 16.9. The van der Waals surface area contributed by atoms with Crippen molar-refractivity contribution in [2.24, 2.45) is 7.05 Å². The Morgan fingerprint density at radius 2 is 1.36 bits per heavy atom. The molecule has 0 fully saturated rings. The summed E-state index contributed by atoms with van der Waals surface area (Å²) in [6.45, 7) is 17.0. The normalized spacial score (nSPS) is 15.5. The summed E-state index contributed by atoms with van der Waals surface area (Å²) >= 11 is 0. The Morgan fingerprint density at radius 3 is 1.88 bits per heavy atom. The van der Waals surface area contributed by atoms with E-state index in [4.69, 9.17) is 0 Å². The Balaban J connectivity index is 2.40. The van der Waals surface area contributed by atoms with E-state index in [1.807, 2.05) is 0 Å². The van der Waals surface area contributed by atoms with E-state index in [2.05, 4.69) is 72.3 Å². The summed E-state index contributed by atoms with van der Waals surface area (Å²) in [6.07, 6.45) is 0. The van der Waals surface area contributed by atoms with Gasteiger partial charge in [-0.05, 0) is 94.3 Å². The van der Waals surface area contributed by atoms with Gasteiger partial charge in [0.05, 0.1) is 11.3 Å². The summed E-state index contributed by atoms with van der Waals surface area (Å²) in [5, 5.41) is 3.13. The van der Waals surface area contributed by atoms with Gasteiger partial charge >= 0.3 is 0 Å². The van der Waals surface area contributed by atoms with Gasteiger partial charge in [-0.3, -0.25) is 4.79 Å². The SMILES string of the molecule is CC(=C1C(=O)Nc2c(C)c(C)c(C)c(C)c21)c1c(C)c(C)c(C)n1C. The van der Waals surface area contributed by atoms with Crippen molar-refractivity contribution >= 4 is 22.7 Å². The Morgan fingerprint density at radius 1 is 0.800 bits per heavy atom. The number of hydrogen-bond donors (Lipinski definition) is 1. The molecule has 25 heavy (non-hydrogen) atoms. The molecule has 1 aliphatic heterocycles. The Bertz CT molecular complexity index is 946. The van der Waals surface area contributed by atoms with Gasteiger partial charge in [-0.25, -0.2) is 0 Å². The third kappa shape index (κ3) is 2.21. The van der Waals surface area contributed by atoms with Gasteiger partial charge in [0.2, 0.25) is 0 Å². The first kappa shape index (κ1) is 17.5. The molecule has 2 aromatic rings. The first-order valence-corrected chi connectivity index (χ1v) is 8.85. The molecule has 0 saturated carbocycles. The number of anilines is 1. The molecule has 0 spiro atoms. The predicted molar refractivity (Wildman–Crippen MR) is 106 cm³/mol. The van der Waals surface area contributed by atoms with Gasteiger partial charge in [-0.15, -0.1) is 0 Å². The molecular formula is C22H28N2O. The van der Waals surface area contributed by atoms with E-state index in [1.165, 1.54) is 39.1 Å². The van der Waals surface area contributed by atoms with Crippen molar-refractivity contribution in [1.29, 1.82) is 0 Å². The van der Waals surface area contributed by atoms with Crippen molar-refractivity contribution < 1.29 is 4.79 Å². The molecule has 0 radical (unpaired) electrons. The molecule has 1 N–H and O–H groups in total. The molecule has 0 aliphatic carbocycles. The highest BCUT2D eigenvalue weighted by Gasteiger charge is 2.32. The van der Waals surface area contributed by atoms with Crippen LogP contribution in [0.4, 0.5) is 5.69 Å². The molecule has 1 aromatic carbocycles. The second kappa shape index (κ2) is 5.62. The molecule has 3 rings (SSSR count). The number of amides is 1. The molecule has 3 nitrogen and oxygen atoms in total. The fraction of sp³-hybridized carbons (Fsp3) is 0.409. The second-order valence-corrected chi connectivity index (χ2v) is 7.45. The Hall–Kier alpha value is -2.29. The summed E-state index contributed by atoms with van der Waals surface area (Å²) < 4.78 is 2.21. The van der Waals surface area contributed by atoms with Crippen molar-refractivity contribution in [2.75, 3.05) is 5.32 Å². The van der Waals surface area contributed by atoms with Crippen molar-refractivity contribution in [3.05, 3.63) is 50.3 Å². The minimum atomic E-state index is 0.0135. The molecule has 1 aromatic heterocycles. The van der Waals surface area contributed by atoms with E-state index in [0.717, 1.165) is 28.1 Å². The van der Waals surface area contributed by atoms with Crippen LogP contribution >= 0.6 is 0 Å². The molecule has 1 aliphatic rings.